The fraction of sp³-hybridized carbons (Fsp3) is 0.312. The topological polar surface area (TPSA) is 61.4 Å². The van der Waals surface area contributed by atoms with E-state index in [1.165, 1.54) is 6.92 Å². The van der Waals surface area contributed by atoms with E-state index >= 15 is 0 Å². The molecule has 2 aromatic heterocycles. The quantitative estimate of drug-likeness (QED) is 0.874. The van der Waals surface area contributed by atoms with Crippen LogP contribution in [0, 0.1) is 0 Å². The minimum absolute atomic E-state index is 0.130. The standard InChI is InChI=1S/C16H19N5OS/c1-12(22)19-16-9-13(4-5-18-16)14-8-15(11-17-10-14)21-7-3-6-20(2)23-21/h4-5,8-11H,3,6-7H2,1-2H3,(H,18,19,22). The van der Waals surface area contributed by atoms with Gasteiger partial charge in [0.05, 0.1) is 11.9 Å². The molecule has 2 aromatic rings. The third-order valence-electron chi connectivity index (χ3n) is 3.48. The molecule has 1 N–H and O–H groups in total. The number of pyridine rings is 2. The molecule has 0 spiro atoms. The Morgan fingerprint density at radius 2 is 2.13 bits per heavy atom. The van der Waals surface area contributed by atoms with E-state index in [0.29, 0.717) is 5.82 Å². The average Bonchev–Trinajstić information content (AvgIpc) is 2.55. The van der Waals surface area contributed by atoms with Gasteiger partial charge >= 0.3 is 0 Å². The Morgan fingerprint density at radius 1 is 1.26 bits per heavy atom. The molecule has 1 saturated heterocycles. The lowest BCUT2D eigenvalue weighted by atomic mass is 10.1. The lowest BCUT2D eigenvalue weighted by molar-refractivity contribution is -0.114. The summed E-state index contributed by atoms with van der Waals surface area (Å²) in [4.78, 5) is 19.7. The van der Waals surface area contributed by atoms with Gasteiger partial charge in [0.1, 0.15) is 5.82 Å². The van der Waals surface area contributed by atoms with Crippen LogP contribution in [0.3, 0.4) is 0 Å². The van der Waals surface area contributed by atoms with Crippen LogP contribution >= 0.6 is 12.1 Å². The summed E-state index contributed by atoms with van der Waals surface area (Å²) in [5, 5.41) is 2.71. The smallest absolute Gasteiger partial charge is 0.222 e. The van der Waals surface area contributed by atoms with Crippen molar-refractivity contribution in [2.45, 2.75) is 13.3 Å². The predicted octanol–water partition coefficient (Wildman–Crippen LogP) is 2.81. The monoisotopic (exact) mass is 329 g/mol. The molecule has 0 bridgehead atoms. The van der Waals surface area contributed by atoms with Crippen LogP contribution < -0.4 is 9.62 Å². The van der Waals surface area contributed by atoms with Crippen molar-refractivity contribution in [1.82, 2.24) is 14.3 Å². The lowest BCUT2D eigenvalue weighted by Gasteiger charge is -2.32. The number of nitrogens with one attached hydrogen (secondary N) is 1. The fourth-order valence-electron chi connectivity index (χ4n) is 2.44. The molecule has 120 valence electrons. The Morgan fingerprint density at radius 3 is 2.91 bits per heavy atom. The summed E-state index contributed by atoms with van der Waals surface area (Å²) in [6, 6.07) is 5.89. The van der Waals surface area contributed by atoms with Crippen LogP contribution in [0.15, 0.2) is 36.8 Å². The number of carbonyl (C=O) groups excluding carboxylic acids is 1. The number of nitrogens with zero attached hydrogens (tertiary/aromatic N) is 4. The van der Waals surface area contributed by atoms with Crippen molar-refractivity contribution >= 4 is 29.5 Å². The SMILES string of the molecule is CC(=O)Nc1cc(-c2cncc(N3CCCN(C)S3)c2)ccn1. The van der Waals surface area contributed by atoms with Crippen molar-refractivity contribution in [2.75, 3.05) is 29.8 Å². The number of amides is 1. The number of hydrogen-bond donors (Lipinski definition) is 1. The maximum Gasteiger partial charge on any atom is 0.222 e. The zero-order chi connectivity index (χ0) is 16.2. The van der Waals surface area contributed by atoms with Crippen LogP contribution in [0.5, 0.6) is 0 Å². The van der Waals surface area contributed by atoms with Crippen molar-refractivity contribution in [3.63, 3.8) is 0 Å². The van der Waals surface area contributed by atoms with E-state index < -0.39 is 0 Å². The van der Waals surface area contributed by atoms with Gasteiger partial charge in [-0.15, -0.1) is 0 Å². The molecular formula is C16H19N5OS. The molecule has 0 atom stereocenters. The zero-order valence-corrected chi connectivity index (χ0v) is 14.0. The summed E-state index contributed by atoms with van der Waals surface area (Å²) in [6.45, 7) is 3.58. The van der Waals surface area contributed by atoms with Crippen molar-refractivity contribution in [3.8, 4) is 11.1 Å². The van der Waals surface area contributed by atoms with E-state index in [9.17, 15) is 4.79 Å². The van der Waals surface area contributed by atoms with Gasteiger partial charge in [0, 0.05) is 50.1 Å². The Kier molecular flexibility index (Phi) is 4.78. The Labute approximate surface area is 140 Å². The molecule has 0 unspecified atom stereocenters. The normalized spacial score (nSPS) is 15.5. The second kappa shape index (κ2) is 6.97. The maximum absolute atomic E-state index is 11.2. The van der Waals surface area contributed by atoms with E-state index in [0.717, 1.165) is 36.3 Å². The minimum atomic E-state index is -0.130. The summed E-state index contributed by atoms with van der Waals surface area (Å²) >= 11 is 1.71. The van der Waals surface area contributed by atoms with Gasteiger partial charge in [0.2, 0.25) is 5.91 Å². The second-order valence-corrected chi connectivity index (χ2v) is 6.66. The van der Waals surface area contributed by atoms with Gasteiger partial charge in [-0.1, -0.05) is 0 Å². The van der Waals surface area contributed by atoms with Crippen LogP contribution in [0.1, 0.15) is 13.3 Å². The molecule has 6 nitrogen and oxygen atoms in total. The number of aromatic nitrogens is 2. The predicted molar refractivity (Wildman–Crippen MR) is 94.0 cm³/mol. The van der Waals surface area contributed by atoms with Crippen LogP contribution in [0.4, 0.5) is 11.5 Å². The molecule has 7 heteroatoms. The molecule has 3 heterocycles. The second-order valence-electron chi connectivity index (χ2n) is 5.43. The molecule has 0 radical (unpaired) electrons. The minimum Gasteiger partial charge on any atom is -0.311 e. The highest BCUT2D eigenvalue weighted by Crippen LogP contribution is 2.31. The van der Waals surface area contributed by atoms with E-state index in [1.54, 1.807) is 18.3 Å². The summed E-state index contributed by atoms with van der Waals surface area (Å²) < 4.78 is 4.47. The highest BCUT2D eigenvalue weighted by Gasteiger charge is 2.17. The molecule has 1 amide bonds. The summed E-state index contributed by atoms with van der Waals surface area (Å²) in [6.07, 6.45) is 6.53. The number of hydrogen-bond acceptors (Lipinski definition) is 6. The molecule has 1 aliphatic rings. The first-order valence-corrected chi connectivity index (χ1v) is 8.21. The highest BCUT2D eigenvalue weighted by molar-refractivity contribution is 7.98. The number of rotatable bonds is 3. The third-order valence-corrected chi connectivity index (χ3v) is 4.53. The first kappa shape index (κ1) is 15.8. The first-order chi connectivity index (χ1) is 11.1. The van der Waals surface area contributed by atoms with Crippen LogP contribution in [0.2, 0.25) is 0 Å². The number of anilines is 2. The van der Waals surface area contributed by atoms with E-state index in [4.69, 9.17) is 0 Å². The molecule has 1 aliphatic heterocycles. The lowest BCUT2D eigenvalue weighted by Crippen LogP contribution is -2.31. The Hall–Kier alpha value is -2.12. The Balaban J connectivity index is 1.86. The van der Waals surface area contributed by atoms with Gasteiger partial charge < -0.3 is 9.62 Å². The largest absolute Gasteiger partial charge is 0.311 e. The molecule has 0 aliphatic carbocycles. The van der Waals surface area contributed by atoms with E-state index in [2.05, 4.69) is 37.0 Å². The van der Waals surface area contributed by atoms with Crippen LogP contribution in [0.25, 0.3) is 11.1 Å². The van der Waals surface area contributed by atoms with Gasteiger partial charge in [-0.2, -0.15) is 0 Å². The van der Waals surface area contributed by atoms with E-state index in [-0.39, 0.29) is 5.91 Å². The van der Waals surface area contributed by atoms with Crippen molar-refractivity contribution in [1.29, 1.82) is 0 Å². The molecule has 1 fully saturated rings. The fourth-order valence-corrected chi connectivity index (χ4v) is 3.40. The summed E-state index contributed by atoms with van der Waals surface area (Å²) in [5.74, 6) is 0.418. The van der Waals surface area contributed by atoms with Crippen molar-refractivity contribution < 1.29 is 4.79 Å². The molecule has 0 aromatic carbocycles. The summed E-state index contributed by atoms with van der Waals surface area (Å²) in [5.41, 5.74) is 3.07. The highest BCUT2D eigenvalue weighted by atomic mass is 32.2. The number of carbonyl (C=O) groups is 1. The third kappa shape index (κ3) is 4.00. The van der Waals surface area contributed by atoms with Gasteiger partial charge in [-0.25, -0.2) is 9.29 Å². The molecule has 0 saturated carbocycles. The summed E-state index contributed by atoms with van der Waals surface area (Å²) in [7, 11) is 2.09. The average molecular weight is 329 g/mol. The van der Waals surface area contributed by atoms with Crippen LogP contribution in [-0.2, 0) is 4.79 Å². The van der Waals surface area contributed by atoms with Crippen LogP contribution in [-0.4, -0.2) is 40.3 Å². The first-order valence-electron chi connectivity index (χ1n) is 7.47. The van der Waals surface area contributed by atoms with Gasteiger partial charge in [0.25, 0.3) is 0 Å². The van der Waals surface area contributed by atoms with Crippen molar-refractivity contribution in [2.24, 2.45) is 0 Å². The van der Waals surface area contributed by atoms with E-state index in [1.807, 2.05) is 24.5 Å². The Bertz CT molecular complexity index is 708. The molecule has 23 heavy (non-hydrogen) atoms. The molecule has 3 rings (SSSR count). The van der Waals surface area contributed by atoms with Gasteiger partial charge in [0.15, 0.2) is 0 Å². The maximum atomic E-state index is 11.2. The zero-order valence-electron chi connectivity index (χ0n) is 13.2. The van der Waals surface area contributed by atoms with Gasteiger partial charge in [-0.3, -0.25) is 9.78 Å². The van der Waals surface area contributed by atoms with Gasteiger partial charge in [-0.05, 0) is 37.2 Å². The van der Waals surface area contributed by atoms with Crippen molar-refractivity contribution in [3.05, 3.63) is 36.8 Å². The molecular weight excluding hydrogens is 310 g/mol.